The minimum absolute atomic E-state index is 0.0700. The molecule has 3 aromatic rings. The summed E-state index contributed by atoms with van der Waals surface area (Å²) in [5.74, 6) is -1.18. The molecule has 31 heavy (non-hydrogen) atoms. The average Bonchev–Trinajstić information content (AvgIpc) is 3.11. The van der Waals surface area contributed by atoms with Crippen LogP contribution in [0.15, 0.2) is 84.9 Å². The van der Waals surface area contributed by atoms with Crippen LogP contribution < -0.4 is 5.32 Å². The van der Waals surface area contributed by atoms with Crippen molar-refractivity contribution in [3.05, 3.63) is 102 Å². The third-order valence-electron chi connectivity index (χ3n) is 5.42. The molecule has 0 unspecified atom stereocenters. The van der Waals surface area contributed by atoms with Gasteiger partial charge >= 0.3 is 12.1 Å². The number of alkyl carbamates (subject to hydrolysis) is 1. The van der Waals surface area contributed by atoms with Gasteiger partial charge in [-0.3, -0.25) is 0 Å². The quantitative estimate of drug-likeness (QED) is 0.566. The number of aliphatic carboxylic acids is 1. The molecular formula is C26H23NO4. The Balaban J connectivity index is 1.38. The maximum Gasteiger partial charge on any atom is 0.407 e. The van der Waals surface area contributed by atoms with E-state index in [-0.39, 0.29) is 18.9 Å². The Kier molecular flexibility index (Phi) is 6.13. The van der Waals surface area contributed by atoms with E-state index in [1.54, 1.807) is 6.08 Å². The number of carboxylic acids is 1. The van der Waals surface area contributed by atoms with Crippen LogP contribution in [0.25, 0.3) is 17.2 Å². The molecule has 0 aliphatic heterocycles. The number of amides is 1. The molecule has 3 aromatic carbocycles. The summed E-state index contributed by atoms with van der Waals surface area (Å²) < 4.78 is 5.45. The third-order valence-corrected chi connectivity index (χ3v) is 5.42. The first-order chi connectivity index (χ1) is 15.1. The Morgan fingerprint density at radius 3 is 2.10 bits per heavy atom. The van der Waals surface area contributed by atoms with Gasteiger partial charge in [0.15, 0.2) is 0 Å². The lowest BCUT2D eigenvalue weighted by Crippen LogP contribution is -2.41. The summed E-state index contributed by atoms with van der Waals surface area (Å²) in [4.78, 5) is 23.9. The minimum Gasteiger partial charge on any atom is -0.480 e. The molecule has 1 atom stereocenters. The van der Waals surface area contributed by atoms with Gasteiger partial charge in [0.2, 0.25) is 0 Å². The summed E-state index contributed by atoms with van der Waals surface area (Å²) in [7, 11) is 0. The molecular weight excluding hydrogens is 390 g/mol. The van der Waals surface area contributed by atoms with Gasteiger partial charge in [0, 0.05) is 5.92 Å². The van der Waals surface area contributed by atoms with Crippen LogP contribution in [-0.4, -0.2) is 29.8 Å². The molecule has 2 N–H and O–H groups in total. The number of hydrogen-bond donors (Lipinski definition) is 2. The van der Waals surface area contributed by atoms with Crippen LogP contribution in [0.1, 0.15) is 29.0 Å². The van der Waals surface area contributed by atoms with Crippen LogP contribution in [-0.2, 0) is 9.53 Å². The normalized spacial score (nSPS) is 13.4. The predicted molar refractivity (Wildman–Crippen MR) is 120 cm³/mol. The molecule has 0 saturated carbocycles. The molecule has 0 heterocycles. The van der Waals surface area contributed by atoms with E-state index in [9.17, 15) is 14.7 Å². The lowest BCUT2D eigenvalue weighted by Gasteiger charge is -2.16. The number of carbonyl (C=O) groups is 2. The lowest BCUT2D eigenvalue weighted by molar-refractivity contribution is -0.139. The highest BCUT2D eigenvalue weighted by Gasteiger charge is 2.29. The highest BCUT2D eigenvalue weighted by Crippen LogP contribution is 2.44. The molecule has 156 valence electrons. The number of nitrogens with one attached hydrogen (secondary N) is 1. The van der Waals surface area contributed by atoms with Crippen molar-refractivity contribution in [2.75, 3.05) is 6.61 Å². The Morgan fingerprint density at radius 1 is 0.903 bits per heavy atom. The molecule has 0 radical (unpaired) electrons. The van der Waals surface area contributed by atoms with Crippen molar-refractivity contribution in [2.45, 2.75) is 18.4 Å². The summed E-state index contributed by atoms with van der Waals surface area (Å²) in [6, 6.07) is 24.6. The van der Waals surface area contributed by atoms with Gasteiger partial charge in [-0.15, -0.1) is 0 Å². The van der Waals surface area contributed by atoms with E-state index < -0.39 is 18.1 Å². The number of carboxylic acid groups (broad SMARTS) is 1. The van der Waals surface area contributed by atoms with Gasteiger partial charge in [-0.05, 0) is 34.2 Å². The zero-order valence-corrected chi connectivity index (χ0v) is 16.9. The number of rotatable bonds is 7. The smallest absolute Gasteiger partial charge is 0.407 e. The lowest BCUT2D eigenvalue weighted by atomic mass is 9.98. The van der Waals surface area contributed by atoms with Crippen LogP contribution >= 0.6 is 0 Å². The fourth-order valence-electron chi connectivity index (χ4n) is 3.91. The third kappa shape index (κ3) is 4.67. The second-order valence-electron chi connectivity index (χ2n) is 7.41. The molecule has 0 spiro atoms. The topological polar surface area (TPSA) is 75.6 Å². The number of fused-ring (bicyclic) bond motifs is 3. The van der Waals surface area contributed by atoms with Crippen molar-refractivity contribution >= 4 is 18.1 Å². The van der Waals surface area contributed by atoms with E-state index in [1.165, 1.54) is 0 Å². The van der Waals surface area contributed by atoms with Gasteiger partial charge in [-0.2, -0.15) is 0 Å². The highest BCUT2D eigenvalue weighted by molar-refractivity contribution is 5.81. The van der Waals surface area contributed by atoms with Crippen molar-refractivity contribution in [2.24, 2.45) is 0 Å². The Labute approximate surface area is 181 Å². The van der Waals surface area contributed by atoms with Crippen molar-refractivity contribution in [1.82, 2.24) is 5.32 Å². The maximum absolute atomic E-state index is 12.4. The zero-order chi connectivity index (χ0) is 21.6. The van der Waals surface area contributed by atoms with Crippen molar-refractivity contribution < 1.29 is 19.4 Å². The Morgan fingerprint density at radius 2 is 1.48 bits per heavy atom. The van der Waals surface area contributed by atoms with E-state index in [0.29, 0.717) is 0 Å². The first-order valence-corrected chi connectivity index (χ1v) is 10.2. The Hall–Kier alpha value is -3.86. The molecule has 1 amide bonds. The van der Waals surface area contributed by atoms with E-state index in [1.807, 2.05) is 72.8 Å². The summed E-state index contributed by atoms with van der Waals surface area (Å²) >= 11 is 0. The van der Waals surface area contributed by atoms with E-state index in [4.69, 9.17) is 4.74 Å². The van der Waals surface area contributed by atoms with E-state index in [2.05, 4.69) is 17.4 Å². The monoisotopic (exact) mass is 413 g/mol. The largest absolute Gasteiger partial charge is 0.480 e. The number of benzene rings is 3. The van der Waals surface area contributed by atoms with Gasteiger partial charge in [-0.25, -0.2) is 9.59 Å². The number of carbonyl (C=O) groups excluding carboxylic acids is 1. The SMILES string of the molecule is O=C(N[C@@H](C/C=C/c1ccccc1)C(=O)O)OCC1c2ccccc2-c2ccccc21. The number of hydrogen-bond acceptors (Lipinski definition) is 3. The maximum atomic E-state index is 12.4. The molecule has 5 nitrogen and oxygen atoms in total. The van der Waals surface area contributed by atoms with Crippen LogP contribution in [0.3, 0.4) is 0 Å². The second-order valence-corrected chi connectivity index (χ2v) is 7.41. The fourth-order valence-corrected chi connectivity index (χ4v) is 3.91. The van der Waals surface area contributed by atoms with Crippen LogP contribution in [0.5, 0.6) is 0 Å². The van der Waals surface area contributed by atoms with Crippen molar-refractivity contribution in [1.29, 1.82) is 0 Å². The van der Waals surface area contributed by atoms with E-state index >= 15 is 0 Å². The summed E-state index contributed by atoms with van der Waals surface area (Å²) in [6.45, 7) is 0.145. The highest BCUT2D eigenvalue weighted by atomic mass is 16.5. The van der Waals surface area contributed by atoms with E-state index in [0.717, 1.165) is 27.8 Å². The zero-order valence-electron chi connectivity index (χ0n) is 16.9. The van der Waals surface area contributed by atoms with Crippen molar-refractivity contribution in [3.63, 3.8) is 0 Å². The molecule has 0 fully saturated rings. The average molecular weight is 413 g/mol. The summed E-state index contributed by atoms with van der Waals surface area (Å²) in [5, 5.41) is 11.9. The molecule has 5 heteroatoms. The van der Waals surface area contributed by atoms with Crippen molar-refractivity contribution in [3.8, 4) is 11.1 Å². The predicted octanol–water partition coefficient (Wildman–Crippen LogP) is 5.08. The Bertz CT molecular complexity index is 1060. The molecule has 4 rings (SSSR count). The minimum atomic E-state index is -1.11. The molecule has 0 saturated heterocycles. The standard InChI is InChI=1S/C26H23NO4/c28-25(29)24(16-8-11-18-9-2-1-3-10-18)27-26(30)31-17-23-21-14-6-4-12-19(21)20-13-5-7-15-22(20)23/h1-15,23-24H,16-17H2,(H,27,30)(H,28,29)/b11-8+/t24-/m0/s1. The van der Waals surface area contributed by atoms with Crippen LogP contribution in [0.2, 0.25) is 0 Å². The summed E-state index contributed by atoms with van der Waals surface area (Å²) in [5.41, 5.74) is 5.46. The molecule has 1 aliphatic rings. The van der Waals surface area contributed by atoms with Crippen LogP contribution in [0.4, 0.5) is 4.79 Å². The first kappa shape index (κ1) is 20.4. The van der Waals surface area contributed by atoms with Crippen LogP contribution in [0, 0.1) is 0 Å². The first-order valence-electron chi connectivity index (χ1n) is 10.2. The van der Waals surface area contributed by atoms with Gasteiger partial charge in [0.25, 0.3) is 0 Å². The molecule has 0 aromatic heterocycles. The summed E-state index contributed by atoms with van der Waals surface area (Å²) in [6.07, 6.45) is 2.99. The van der Waals surface area contributed by atoms with Gasteiger partial charge in [0.1, 0.15) is 12.6 Å². The molecule has 0 bridgehead atoms. The molecule has 1 aliphatic carbocycles. The van der Waals surface area contributed by atoms with Gasteiger partial charge in [-0.1, -0.05) is 91.0 Å². The van der Waals surface area contributed by atoms with Gasteiger partial charge in [0.05, 0.1) is 0 Å². The number of ether oxygens (including phenoxy) is 1. The van der Waals surface area contributed by atoms with Gasteiger partial charge < -0.3 is 15.2 Å². The fraction of sp³-hybridized carbons (Fsp3) is 0.154. The second kappa shape index (κ2) is 9.30.